The van der Waals surface area contributed by atoms with Gasteiger partial charge in [0.25, 0.3) is 0 Å². The van der Waals surface area contributed by atoms with Crippen molar-refractivity contribution in [1.82, 2.24) is 0 Å². The zero-order valence-corrected chi connectivity index (χ0v) is 8.59. The summed E-state index contributed by atoms with van der Waals surface area (Å²) in [6.07, 6.45) is 7.67. The molecule has 0 saturated heterocycles. The fourth-order valence-corrected chi connectivity index (χ4v) is 2.54. The maximum Gasteiger partial charge on any atom is 0.0772 e. The summed E-state index contributed by atoms with van der Waals surface area (Å²) in [6, 6.07) is 0.265. The molecule has 0 aromatic rings. The lowest BCUT2D eigenvalue weighted by Crippen LogP contribution is -2.28. The van der Waals surface area contributed by atoms with Gasteiger partial charge in [0.05, 0.1) is 8.07 Å². The molecule has 0 saturated carbocycles. The van der Waals surface area contributed by atoms with E-state index in [0.717, 1.165) is 6.42 Å². The van der Waals surface area contributed by atoms with Crippen molar-refractivity contribution in [2.45, 2.75) is 32.1 Å². The van der Waals surface area contributed by atoms with Crippen LogP contribution in [0.4, 0.5) is 0 Å². The predicted molar refractivity (Wildman–Crippen MR) is 53.2 cm³/mol. The molecule has 0 aliphatic heterocycles. The quantitative estimate of drug-likeness (QED) is 0.595. The van der Waals surface area contributed by atoms with Gasteiger partial charge in [0.15, 0.2) is 0 Å². The molecular formula is C9H17NSi. The van der Waals surface area contributed by atoms with Crippen LogP contribution >= 0.6 is 0 Å². The number of rotatable bonds is 1. The fraction of sp³-hybridized carbons (Fsp3) is 0.556. The largest absolute Gasteiger partial charge is 0.324 e. The molecule has 11 heavy (non-hydrogen) atoms. The second kappa shape index (κ2) is 2.95. The lowest BCUT2D eigenvalue weighted by Gasteiger charge is -2.22. The van der Waals surface area contributed by atoms with Crippen LogP contribution < -0.4 is 5.73 Å². The summed E-state index contributed by atoms with van der Waals surface area (Å²) < 4.78 is 0. The van der Waals surface area contributed by atoms with E-state index in [0.29, 0.717) is 0 Å². The van der Waals surface area contributed by atoms with Gasteiger partial charge in [0.1, 0.15) is 0 Å². The molecule has 62 valence electrons. The van der Waals surface area contributed by atoms with Gasteiger partial charge < -0.3 is 5.73 Å². The Balaban J connectivity index is 2.80. The third-order valence-corrected chi connectivity index (χ3v) is 4.03. The van der Waals surface area contributed by atoms with Gasteiger partial charge in [-0.25, -0.2) is 0 Å². The summed E-state index contributed by atoms with van der Waals surface area (Å²) in [5.74, 6) is 0. The van der Waals surface area contributed by atoms with Crippen molar-refractivity contribution in [3.8, 4) is 0 Å². The zero-order chi connectivity index (χ0) is 8.48. The predicted octanol–water partition coefficient (Wildman–Crippen LogP) is 2.08. The van der Waals surface area contributed by atoms with Gasteiger partial charge in [0.2, 0.25) is 0 Å². The molecule has 0 bridgehead atoms. The maximum absolute atomic E-state index is 5.82. The molecule has 0 aromatic carbocycles. The Morgan fingerprint density at radius 3 is 2.45 bits per heavy atom. The highest BCUT2D eigenvalue weighted by Crippen LogP contribution is 2.19. The Morgan fingerprint density at radius 2 is 2.09 bits per heavy atom. The van der Waals surface area contributed by atoms with Gasteiger partial charge in [-0.05, 0) is 6.42 Å². The Hall–Kier alpha value is -0.343. The van der Waals surface area contributed by atoms with Gasteiger partial charge in [-0.15, -0.1) is 0 Å². The molecule has 1 aliphatic rings. The van der Waals surface area contributed by atoms with Crippen molar-refractivity contribution < 1.29 is 0 Å². The van der Waals surface area contributed by atoms with Crippen molar-refractivity contribution in [3.63, 3.8) is 0 Å². The number of hydrogen-bond acceptors (Lipinski definition) is 1. The second-order valence-electron chi connectivity index (χ2n) is 4.17. The molecule has 1 rings (SSSR count). The fourth-order valence-electron chi connectivity index (χ4n) is 1.21. The van der Waals surface area contributed by atoms with Crippen molar-refractivity contribution >= 4 is 8.07 Å². The highest BCUT2D eigenvalue weighted by molar-refractivity contribution is 6.83. The van der Waals surface area contributed by atoms with E-state index < -0.39 is 8.07 Å². The molecule has 2 heteroatoms. The lowest BCUT2D eigenvalue weighted by molar-refractivity contribution is 0.822. The Kier molecular flexibility index (Phi) is 2.35. The first-order chi connectivity index (χ1) is 5.00. The van der Waals surface area contributed by atoms with E-state index in [9.17, 15) is 0 Å². The first kappa shape index (κ1) is 8.75. The molecule has 0 fully saturated rings. The minimum Gasteiger partial charge on any atom is -0.324 e. The van der Waals surface area contributed by atoms with Crippen LogP contribution in [-0.2, 0) is 0 Å². The Labute approximate surface area is 70.0 Å². The monoisotopic (exact) mass is 167 g/mol. The van der Waals surface area contributed by atoms with Crippen LogP contribution in [0.1, 0.15) is 6.42 Å². The highest BCUT2D eigenvalue weighted by atomic mass is 28.3. The topological polar surface area (TPSA) is 26.0 Å². The highest BCUT2D eigenvalue weighted by Gasteiger charge is 2.19. The molecule has 0 heterocycles. The van der Waals surface area contributed by atoms with Gasteiger partial charge in [-0.1, -0.05) is 43.1 Å². The van der Waals surface area contributed by atoms with Crippen molar-refractivity contribution in [2.75, 3.05) is 0 Å². The number of nitrogens with two attached hydrogens (primary N) is 1. The molecule has 0 spiro atoms. The molecule has 1 aliphatic carbocycles. The molecule has 0 aromatic heterocycles. The maximum atomic E-state index is 5.82. The van der Waals surface area contributed by atoms with E-state index in [1.807, 2.05) is 0 Å². The summed E-state index contributed by atoms with van der Waals surface area (Å²) in [5.41, 5.74) is 5.82. The summed E-state index contributed by atoms with van der Waals surface area (Å²) in [4.78, 5) is 0. The third-order valence-electron chi connectivity index (χ3n) is 1.97. The molecule has 2 N–H and O–H groups in total. The van der Waals surface area contributed by atoms with E-state index in [-0.39, 0.29) is 6.04 Å². The minimum atomic E-state index is -1.10. The number of allylic oxidation sites excluding steroid dienone is 2. The Bertz CT molecular complexity index is 198. The van der Waals surface area contributed by atoms with E-state index in [1.54, 1.807) is 0 Å². The van der Waals surface area contributed by atoms with Crippen LogP contribution in [0, 0.1) is 0 Å². The molecule has 1 unspecified atom stereocenters. The van der Waals surface area contributed by atoms with Crippen molar-refractivity contribution in [1.29, 1.82) is 0 Å². The van der Waals surface area contributed by atoms with Crippen LogP contribution in [0.2, 0.25) is 19.6 Å². The van der Waals surface area contributed by atoms with E-state index in [2.05, 4.69) is 37.9 Å². The Morgan fingerprint density at radius 1 is 1.45 bits per heavy atom. The second-order valence-corrected chi connectivity index (χ2v) is 9.25. The first-order valence-corrected chi connectivity index (χ1v) is 7.64. The van der Waals surface area contributed by atoms with Crippen molar-refractivity contribution in [3.05, 3.63) is 23.4 Å². The van der Waals surface area contributed by atoms with E-state index in [4.69, 9.17) is 5.73 Å². The standard InChI is InChI=1S/C9H17NSi/c1-11(2,3)9-6-4-5-8(10)7-9/h4,6-8H,5,10H2,1-3H3. The van der Waals surface area contributed by atoms with Gasteiger partial charge in [0, 0.05) is 6.04 Å². The van der Waals surface area contributed by atoms with Gasteiger partial charge in [-0.3, -0.25) is 0 Å². The molecule has 0 radical (unpaired) electrons. The lowest BCUT2D eigenvalue weighted by atomic mass is 10.1. The SMILES string of the molecule is C[Si](C)(C)C1=CC(N)CC=C1. The zero-order valence-electron chi connectivity index (χ0n) is 7.59. The smallest absolute Gasteiger partial charge is 0.0772 e. The molecule has 0 amide bonds. The van der Waals surface area contributed by atoms with Gasteiger partial charge >= 0.3 is 0 Å². The summed E-state index contributed by atoms with van der Waals surface area (Å²) in [7, 11) is -1.10. The van der Waals surface area contributed by atoms with E-state index in [1.165, 1.54) is 5.20 Å². The van der Waals surface area contributed by atoms with E-state index >= 15 is 0 Å². The van der Waals surface area contributed by atoms with Crippen LogP contribution in [-0.4, -0.2) is 14.1 Å². The van der Waals surface area contributed by atoms with Crippen LogP contribution in [0.5, 0.6) is 0 Å². The average Bonchev–Trinajstić information content (AvgIpc) is 1.86. The molecular weight excluding hydrogens is 150 g/mol. The summed E-state index contributed by atoms with van der Waals surface area (Å²) in [5, 5.41) is 1.50. The average molecular weight is 167 g/mol. The molecule has 1 nitrogen and oxygen atoms in total. The third kappa shape index (κ3) is 2.31. The molecule has 1 atom stereocenters. The minimum absolute atomic E-state index is 0.265. The first-order valence-electron chi connectivity index (χ1n) is 4.14. The summed E-state index contributed by atoms with van der Waals surface area (Å²) >= 11 is 0. The van der Waals surface area contributed by atoms with Crippen LogP contribution in [0.3, 0.4) is 0 Å². The number of hydrogen-bond donors (Lipinski definition) is 1. The van der Waals surface area contributed by atoms with Crippen LogP contribution in [0.15, 0.2) is 23.4 Å². The van der Waals surface area contributed by atoms with Crippen LogP contribution in [0.25, 0.3) is 0 Å². The normalized spacial score (nSPS) is 25.1. The van der Waals surface area contributed by atoms with Crippen molar-refractivity contribution in [2.24, 2.45) is 5.73 Å². The summed E-state index contributed by atoms with van der Waals surface area (Å²) in [6.45, 7) is 7.05. The van der Waals surface area contributed by atoms with Gasteiger partial charge in [-0.2, -0.15) is 0 Å².